The van der Waals surface area contributed by atoms with Gasteiger partial charge in [-0.1, -0.05) is 182 Å². The summed E-state index contributed by atoms with van der Waals surface area (Å²) in [5.74, 6) is 1.69. The largest absolute Gasteiger partial charge is 0.456 e. The fourth-order valence-electron chi connectivity index (χ4n) is 12.1. The highest BCUT2D eigenvalue weighted by Gasteiger charge is 2.50. The molecule has 2 heterocycles. The number of thiophene rings is 1. The fraction of sp³-hybridized carbons (Fsp3) is 0.0149. The normalized spacial score (nSPS) is 14.5. The smallest absolute Gasteiger partial charge is 0.135 e. The lowest BCUT2D eigenvalue weighted by molar-refractivity contribution is 0.488. The van der Waals surface area contributed by atoms with Crippen molar-refractivity contribution in [3.63, 3.8) is 0 Å². The van der Waals surface area contributed by atoms with Crippen molar-refractivity contribution in [1.29, 1.82) is 0 Å². The third-order valence-electron chi connectivity index (χ3n) is 15.1. The second kappa shape index (κ2) is 15.1. The van der Waals surface area contributed by atoms with Gasteiger partial charge in [0.05, 0.1) is 5.41 Å². The van der Waals surface area contributed by atoms with Crippen molar-refractivity contribution in [3.05, 3.63) is 271 Å². The molecule has 0 saturated carbocycles. The summed E-state index contributed by atoms with van der Waals surface area (Å²) >= 11 is 1.89. The van der Waals surface area contributed by atoms with Gasteiger partial charge in [0.15, 0.2) is 0 Å². The number of nitrogens with zero attached hydrogens (tertiary/aromatic N) is 1. The van der Waals surface area contributed by atoms with Crippen LogP contribution in [-0.2, 0) is 5.41 Å². The van der Waals surface area contributed by atoms with Crippen LogP contribution in [0, 0.1) is 0 Å². The summed E-state index contributed by atoms with van der Waals surface area (Å²) in [5.41, 5.74) is 22.1. The Balaban J connectivity index is 1.01. The molecule has 2 aliphatic carbocycles. The Hall–Kier alpha value is -8.76. The Morgan fingerprint density at radius 3 is 1.51 bits per heavy atom. The molecular weight excluding hydrogens is 867 g/mol. The Labute approximate surface area is 410 Å². The number of hydrogen-bond acceptors (Lipinski definition) is 3. The molecule has 1 unspecified atom stereocenters. The van der Waals surface area contributed by atoms with E-state index in [2.05, 4.69) is 248 Å². The fourth-order valence-corrected chi connectivity index (χ4v) is 13.3. The van der Waals surface area contributed by atoms with E-state index in [4.69, 9.17) is 4.74 Å². The molecule has 0 N–H and O–H groups in total. The van der Waals surface area contributed by atoms with Gasteiger partial charge in [0, 0.05) is 48.4 Å². The maximum absolute atomic E-state index is 6.79. The van der Waals surface area contributed by atoms with E-state index < -0.39 is 5.41 Å². The number of para-hydroxylation sites is 1. The van der Waals surface area contributed by atoms with Crippen LogP contribution in [0.25, 0.3) is 86.9 Å². The molecule has 0 saturated heterocycles. The molecule has 1 aliphatic heterocycles. The van der Waals surface area contributed by atoms with Gasteiger partial charge in [-0.15, -0.1) is 11.3 Å². The summed E-state index contributed by atoms with van der Waals surface area (Å²) in [7, 11) is 0. The third kappa shape index (κ3) is 5.61. The highest BCUT2D eigenvalue weighted by molar-refractivity contribution is 7.25. The summed E-state index contributed by atoms with van der Waals surface area (Å²) in [6.45, 7) is 0. The van der Waals surface area contributed by atoms with Crippen molar-refractivity contribution in [2.45, 2.75) is 5.41 Å². The summed E-state index contributed by atoms with van der Waals surface area (Å²) in [4.78, 5) is 2.43. The maximum atomic E-state index is 6.79. The van der Waals surface area contributed by atoms with E-state index in [0.717, 1.165) is 50.8 Å². The predicted octanol–water partition coefficient (Wildman–Crippen LogP) is 18.6. The molecule has 0 radical (unpaired) electrons. The van der Waals surface area contributed by atoms with E-state index in [1.165, 1.54) is 86.9 Å². The molecule has 1 aromatic heterocycles. The van der Waals surface area contributed by atoms with Crippen LogP contribution in [0.4, 0.5) is 17.1 Å². The minimum Gasteiger partial charge on any atom is -0.456 e. The van der Waals surface area contributed by atoms with Crippen LogP contribution in [0.1, 0.15) is 22.3 Å². The van der Waals surface area contributed by atoms with Crippen molar-refractivity contribution >= 4 is 48.6 Å². The van der Waals surface area contributed by atoms with Gasteiger partial charge in [0.1, 0.15) is 11.5 Å². The minimum absolute atomic E-state index is 0.616. The van der Waals surface area contributed by atoms with Crippen molar-refractivity contribution in [2.75, 3.05) is 4.90 Å². The average molecular weight is 908 g/mol. The van der Waals surface area contributed by atoms with E-state index in [-0.39, 0.29) is 0 Å². The molecule has 15 rings (SSSR count). The molecule has 70 heavy (non-hydrogen) atoms. The molecule has 326 valence electrons. The number of anilines is 3. The van der Waals surface area contributed by atoms with Crippen LogP contribution >= 0.6 is 11.3 Å². The molecule has 1 spiro atoms. The second-order valence-electron chi connectivity index (χ2n) is 18.7. The molecule has 3 aliphatic rings. The van der Waals surface area contributed by atoms with Crippen molar-refractivity contribution in [3.8, 4) is 78.3 Å². The number of fused-ring (bicyclic) bond motifs is 20. The maximum Gasteiger partial charge on any atom is 0.135 e. The van der Waals surface area contributed by atoms with Crippen molar-refractivity contribution in [2.24, 2.45) is 0 Å². The lowest BCUT2D eigenvalue weighted by Gasteiger charge is -2.36. The van der Waals surface area contributed by atoms with Crippen LogP contribution < -0.4 is 9.64 Å². The van der Waals surface area contributed by atoms with E-state index in [1.807, 2.05) is 17.4 Å². The first-order valence-electron chi connectivity index (χ1n) is 24.1. The van der Waals surface area contributed by atoms with E-state index in [0.29, 0.717) is 0 Å². The van der Waals surface area contributed by atoms with Gasteiger partial charge < -0.3 is 9.64 Å². The summed E-state index contributed by atoms with van der Waals surface area (Å²) in [6.07, 6.45) is 0. The van der Waals surface area contributed by atoms with Gasteiger partial charge in [-0.25, -0.2) is 0 Å². The number of benzene rings is 11. The third-order valence-corrected chi connectivity index (χ3v) is 16.2. The first kappa shape index (κ1) is 39.3. The van der Waals surface area contributed by atoms with Crippen molar-refractivity contribution in [1.82, 2.24) is 0 Å². The molecule has 0 fully saturated rings. The van der Waals surface area contributed by atoms with Gasteiger partial charge >= 0.3 is 0 Å². The highest BCUT2D eigenvalue weighted by Crippen LogP contribution is 2.63. The zero-order valence-corrected chi connectivity index (χ0v) is 38.8. The molecule has 1 atom stereocenters. The molecular formula is C67H41NOS. The van der Waals surface area contributed by atoms with Crippen LogP contribution in [0.15, 0.2) is 249 Å². The van der Waals surface area contributed by atoms with Gasteiger partial charge in [0.25, 0.3) is 0 Å². The number of rotatable bonds is 4. The summed E-state index contributed by atoms with van der Waals surface area (Å²) < 4.78 is 9.43. The number of ether oxygens (including phenoxy) is 1. The zero-order chi connectivity index (χ0) is 45.9. The SMILES string of the molecule is c1ccc(-c2ccc(N(c3ccc4c(c3)-c3ccccc3-c3ccccc3O4)c3ccc4c(c3)-c3ccccc3-c3ccccc3C43c4ccccc4-c4cc5sc6ccccc6c5cc43)cc2)cc1. The molecule has 12 aromatic rings. The lowest BCUT2D eigenvalue weighted by Crippen LogP contribution is -2.29. The molecule has 0 amide bonds. The lowest BCUT2D eigenvalue weighted by atomic mass is 9.65. The zero-order valence-electron chi connectivity index (χ0n) is 37.9. The number of hydrogen-bond donors (Lipinski definition) is 0. The van der Waals surface area contributed by atoms with Crippen LogP contribution in [0.3, 0.4) is 0 Å². The van der Waals surface area contributed by atoms with E-state index in [1.54, 1.807) is 0 Å². The topological polar surface area (TPSA) is 12.5 Å². The highest BCUT2D eigenvalue weighted by atomic mass is 32.1. The van der Waals surface area contributed by atoms with E-state index >= 15 is 0 Å². The Bertz CT molecular complexity index is 4110. The molecule has 0 bridgehead atoms. The summed E-state index contributed by atoms with van der Waals surface area (Å²) in [5, 5.41) is 2.62. The Morgan fingerprint density at radius 1 is 0.286 bits per heavy atom. The molecule has 2 nitrogen and oxygen atoms in total. The van der Waals surface area contributed by atoms with Crippen LogP contribution in [-0.4, -0.2) is 0 Å². The van der Waals surface area contributed by atoms with Crippen molar-refractivity contribution < 1.29 is 4.74 Å². The first-order chi connectivity index (χ1) is 34.7. The standard InChI is InChI=1S/C67H41NOS/c1-2-16-42(17-3-1)43-30-32-44(33-31-43)68(46-35-37-64-57(39-46)50-21-7-5-19-48(50)53-24-10-14-28-63(53)69-64)45-34-36-61-55(38-45)49-20-6-4-18-47(49)51-22-8-12-26-59(51)67(61)60-27-13-9-23-52(60)56-41-66-58(40-62(56)67)54-25-11-15-29-65(54)70-66/h1-41H. The van der Waals surface area contributed by atoms with Crippen LogP contribution in [0.5, 0.6) is 11.5 Å². The van der Waals surface area contributed by atoms with E-state index in [9.17, 15) is 0 Å². The first-order valence-corrected chi connectivity index (χ1v) is 24.9. The Kier molecular flexibility index (Phi) is 8.48. The van der Waals surface area contributed by atoms with Gasteiger partial charge in [-0.3, -0.25) is 0 Å². The minimum atomic E-state index is -0.616. The predicted molar refractivity (Wildman–Crippen MR) is 292 cm³/mol. The summed E-state index contributed by atoms with van der Waals surface area (Å²) in [6, 6.07) is 92.1. The van der Waals surface area contributed by atoms with Crippen LogP contribution in [0.2, 0.25) is 0 Å². The quantitative estimate of drug-likeness (QED) is 0.174. The van der Waals surface area contributed by atoms with Gasteiger partial charge in [0.2, 0.25) is 0 Å². The van der Waals surface area contributed by atoms with Gasteiger partial charge in [-0.05, 0) is 145 Å². The monoisotopic (exact) mass is 907 g/mol. The Morgan fingerprint density at radius 2 is 0.771 bits per heavy atom. The molecule has 11 aromatic carbocycles. The molecule has 3 heteroatoms. The average Bonchev–Trinajstić information content (AvgIpc) is 3.85. The second-order valence-corrected chi connectivity index (χ2v) is 19.8. The van der Waals surface area contributed by atoms with Gasteiger partial charge in [-0.2, -0.15) is 0 Å².